The Morgan fingerprint density at radius 3 is 2.41 bits per heavy atom. The second-order valence-electron chi connectivity index (χ2n) is 6.77. The summed E-state index contributed by atoms with van der Waals surface area (Å²) in [4.78, 5) is 9.68. The first-order valence-electron chi connectivity index (χ1n) is 9.74. The number of piperazine rings is 1. The second-order valence-corrected chi connectivity index (χ2v) is 6.77. The van der Waals surface area contributed by atoms with Crippen molar-refractivity contribution >= 4 is 24.2 Å². The molecule has 2 aromatic carbocycles. The number of aliphatic imine (C=N–C) groups is 1. The molecule has 5 heteroatoms. The van der Waals surface area contributed by atoms with Gasteiger partial charge in [-0.25, -0.2) is 0 Å². The summed E-state index contributed by atoms with van der Waals surface area (Å²) < 4.78 is 0. The van der Waals surface area contributed by atoms with Crippen molar-refractivity contribution in [2.24, 2.45) is 4.99 Å². The van der Waals surface area contributed by atoms with E-state index in [1.165, 1.54) is 16.8 Å². The van der Waals surface area contributed by atoms with E-state index in [0.717, 1.165) is 58.1 Å². The second kappa shape index (κ2) is 10.4. The summed E-state index contributed by atoms with van der Waals surface area (Å²) in [5.41, 5.74) is 3.96. The number of anilines is 1. The summed E-state index contributed by atoms with van der Waals surface area (Å²) in [6.45, 7) is 7.52. The van der Waals surface area contributed by atoms with Crippen LogP contribution in [0.5, 0.6) is 0 Å². The normalized spacial score (nSPS) is 16.2. The molecule has 2 aromatic rings. The first-order chi connectivity index (χ1) is 13.4. The third-order valence-electron chi connectivity index (χ3n) is 5.12. The van der Waals surface area contributed by atoms with E-state index < -0.39 is 0 Å². The Kier molecular flexibility index (Phi) is 7.60. The number of nitrogens with zero attached hydrogens (tertiary/aromatic N) is 3. The highest BCUT2D eigenvalue weighted by atomic mass is 32.1. The molecule has 0 saturated carbocycles. The third-order valence-corrected chi connectivity index (χ3v) is 5.12. The molecule has 144 valence electrons. The predicted octanol–water partition coefficient (Wildman–Crippen LogP) is 3.29. The minimum atomic E-state index is 0.819. The Hall–Kier alpha value is -1.98. The number of nitrogens with one attached hydrogen (secondary N) is 1. The fourth-order valence-electron chi connectivity index (χ4n) is 3.67. The van der Waals surface area contributed by atoms with Crippen molar-refractivity contribution in [3.8, 4) is 0 Å². The fourth-order valence-corrected chi connectivity index (χ4v) is 3.67. The minimum Gasteiger partial charge on any atom is -0.370 e. The maximum atomic E-state index is 4.62. The molecule has 27 heavy (non-hydrogen) atoms. The van der Waals surface area contributed by atoms with Crippen LogP contribution in [0.4, 0.5) is 5.69 Å². The molecule has 0 atom stereocenters. The van der Waals surface area contributed by atoms with Crippen molar-refractivity contribution in [1.29, 1.82) is 0 Å². The van der Waals surface area contributed by atoms with Gasteiger partial charge < -0.3 is 10.2 Å². The van der Waals surface area contributed by atoms with Gasteiger partial charge in [-0.1, -0.05) is 42.5 Å². The van der Waals surface area contributed by atoms with Gasteiger partial charge in [-0.2, -0.15) is 12.6 Å². The lowest BCUT2D eigenvalue weighted by atomic mass is 10.1. The van der Waals surface area contributed by atoms with Gasteiger partial charge in [0.1, 0.15) is 5.84 Å². The molecular formula is C22H30N4S. The van der Waals surface area contributed by atoms with Crippen molar-refractivity contribution in [1.82, 2.24) is 10.2 Å². The number of fused-ring (bicyclic) bond motifs is 1. The van der Waals surface area contributed by atoms with Gasteiger partial charge in [0.05, 0.1) is 6.54 Å². The average molecular weight is 383 g/mol. The van der Waals surface area contributed by atoms with Crippen molar-refractivity contribution in [2.45, 2.75) is 13.0 Å². The van der Waals surface area contributed by atoms with Gasteiger partial charge in [-0.05, 0) is 36.9 Å². The topological polar surface area (TPSA) is 30.9 Å². The molecule has 1 N–H and O–H groups in total. The molecule has 1 fully saturated rings. The quantitative estimate of drug-likeness (QED) is 0.615. The van der Waals surface area contributed by atoms with Crippen LogP contribution in [-0.2, 0) is 6.54 Å². The Balaban J connectivity index is 0.00000102. The van der Waals surface area contributed by atoms with Crippen LogP contribution in [-0.4, -0.2) is 56.3 Å². The lowest BCUT2D eigenvalue weighted by molar-refractivity contribution is 0.255. The lowest BCUT2D eigenvalue weighted by Gasteiger charge is -2.36. The van der Waals surface area contributed by atoms with Gasteiger partial charge in [0, 0.05) is 44.0 Å². The van der Waals surface area contributed by atoms with E-state index in [1.54, 1.807) is 6.26 Å². The number of benzene rings is 2. The standard InChI is InChI=1S/C21H26N4.CH4S/c1-2-8-19(9-3-1)25-15-13-24(14-16-25)12-6-11-22-21-20-10-5-4-7-18(20)17-23-21;1-2/h1-5,7-10H,6,11-17H2,(H,22,23);2H,1H3. The molecule has 0 amide bonds. The minimum absolute atomic E-state index is 0.819. The smallest absolute Gasteiger partial charge is 0.128 e. The monoisotopic (exact) mass is 382 g/mol. The van der Waals surface area contributed by atoms with Gasteiger partial charge in [0.25, 0.3) is 0 Å². The summed E-state index contributed by atoms with van der Waals surface area (Å²) >= 11 is 3.53. The van der Waals surface area contributed by atoms with Crippen LogP contribution < -0.4 is 10.2 Å². The van der Waals surface area contributed by atoms with E-state index in [-0.39, 0.29) is 0 Å². The summed E-state index contributed by atoms with van der Waals surface area (Å²) in [5.74, 6) is 1.07. The summed E-state index contributed by atoms with van der Waals surface area (Å²) in [7, 11) is 0. The van der Waals surface area contributed by atoms with Crippen molar-refractivity contribution < 1.29 is 0 Å². The molecule has 2 heterocycles. The number of hydrogen-bond acceptors (Lipinski definition) is 5. The van der Waals surface area contributed by atoms with Crippen LogP contribution >= 0.6 is 12.6 Å². The molecule has 0 bridgehead atoms. The van der Waals surface area contributed by atoms with Gasteiger partial charge in [0.15, 0.2) is 0 Å². The van der Waals surface area contributed by atoms with E-state index in [2.05, 4.69) is 87.3 Å². The third kappa shape index (κ3) is 5.27. The zero-order valence-electron chi connectivity index (χ0n) is 16.1. The van der Waals surface area contributed by atoms with E-state index in [1.807, 2.05) is 0 Å². The highest BCUT2D eigenvalue weighted by Gasteiger charge is 2.17. The summed E-state index contributed by atoms with van der Waals surface area (Å²) in [5, 5.41) is 3.52. The largest absolute Gasteiger partial charge is 0.370 e. The molecule has 0 spiro atoms. The Bertz CT molecular complexity index is 724. The highest BCUT2D eigenvalue weighted by molar-refractivity contribution is 7.79. The maximum Gasteiger partial charge on any atom is 0.128 e. The Morgan fingerprint density at radius 2 is 1.63 bits per heavy atom. The summed E-state index contributed by atoms with van der Waals surface area (Å²) in [6, 6.07) is 19.3. The fraction of sp³-hybridized carbons (Fsp3) is 0.409. The molecule has 4 nitrogen and oxygen atoms in total. The first-order valence-corrected chi connectivity index (χ1v) is 10.6. The molecular weight excluding hydrogens is 352 g/mol. The Morgan fingerprint density at radius 1 is 0.926 bits per heavy atom. The number of rotatable bonds is 5. The van der Waals surface area contributed by atoms with Crippen LogP contribution in [0.15, 0.2) is 59.6 Å². The maximum absolute atomic E-state index is 4.62. The predicted molar refractivity (Wildman–Crippen MR) is 119 cm³/mol. The van der Waals surface area contributed by atoms with E-state index >= 15 is 0 Å². The molecule has 0 aromatic heterocycles. The van der Waals surface area contributed by atoms with Gasteiger partial charge in [-0.15, -0.1) is 0 Å². The molecule has 2 aliphatic rings. The molecule has 1 saturated heterocycles. The number of para-hydroxylation sites is 1. The van der Waals surface area contributed by atoms with E-state index in [4.69, 9.17) is 0 Å². The van der Waals surface area contributed by atoms with Crippen LogP contribution in [0.2, 0.25) is 0 Å². The van der Waals surface area contributed by atoms with Crippen LogP contribution in [0.25, 0.3) is 0 Å². The van der Waals surface area contributed by atoms with Gasteiger partial charge >= 0.3 is 0 Å². The number of hydrogen-bond donors (Lipinski definition) is 2. The van der Waals surface area contributed by atoms with Crippen LogP contribution in [0, 0.1) is 0 Å². The summed E-state index contributed by atoms with van der Waals surface area (Å²) in [6.07, 6.45) is 2.85. The number of amidine groups is 1. The van der Waals surface area contributed by atoms with E-state index in [0.29, 0.717) is 0 Å². The molecule has 4 rings (SSSR count). The zero-order chi connectivity index (χ0) is 18.9. The average Bonchev–Trinajstić information content (AvgIpc) is 3.17. The first kappa shape index (κ1) is 19.8. The molecule has 0 unspecified atom stereocenters. The SMILES string of the molecule is CS.c1ccc(N2CCN(CCCNC3=NCc4ccccc43)CC2)cc1. The van der Waals surface area contributed by atoms with Gasteiger partial charge in [-0.3, -0.25) is 9.89 Å². The molecule has 2 aliphatic heterocycles. The highest BCUT2D eigenvalue weighted by Crippen LogP contribution is 2.17. The van der Waals surface area contributed by atoms with Crippen LogP contribution in [0.3, 0.4) is 0 Å². The molecule has 0 aliphatic carbocycles. The van der Waals surface area contributed by atoms with E-state index in [9.17, 15) is 0 Å². The van der Waals surface area contributed by atoms with Crippen LogP contribution in [0.1, 0.15) is 17.5 Å². The van der Waals surface area contributed by atoms with Gasteiger partial charge in [0.2, 0.25) is 0 Å². The van der Waals surface area contributed by atoms with Crippen molar-refractivity contribution in [2.75, 3.05) is 50.4 Å². The lowest BCUT2D eigenvalue weighted by Crippen LogP contribution is -2.47. The number of thiol groups is 1. The molecule has 0 radical (unpaired) electrons. The van der Waals surface area contributed by atoms with Crippen molar-refractivity contribution in [3.05, 3.63) is 65.7 Å². The van der Waals surface area contributed by atoms with Crippen molar-refractivity contribution in [3.63, 3.8) is 0 Å². The zero-order valence-corrected chi connectivity index (χ0v) is 17.0. The Labute approximate surface area is 168 Å².